The highest BCUT2D eigenvalue weighted by molar-refractivity contribution is 7.16. The van der Waals surface area contributed by atoms with Gasteiger partial charge in [0.2, 0.25) is 0 Å². The number of thiophene rings is 1. The smallest absolute Gasteiger partial charge is 0.407 e. The summed E-state index contributed by atoms with van der Waals surface area (Å²) >= 11 is 7.37. The van der Waals surface area contributed by atoms with Gasteiger partial charge in [-0.25, -0.2) is 4.79 Å². The molecule has 6 heteroatoms. The fraction of sp³-hybridized carbons (Fsp3) is 0.583. The molecule has 0 spiro atoms. The van der Waals surface area contributed by atoms with Crippen molar-refractivity contribution in [3.63, 3.8) is 0 Å². The molecule has 0 bridgehead atoms. The maximum absolute atomic E-state index is 11.3. The summed E-state index contributed by atoms with van der Waals surface area (Å²) in [7, 11) is 0. The van der Waals surface area contributed by atoms with Gasteiger partial charge in [0.25, 0.3) is 0 Å². The van der Waals surface area contributed by atoms with Gasteiger partial charge in [-0.3, -0.25) is 0 Å². The second kappa shape index (κ2) is 6.97. The number of carbonyl (C=O) groups excluding carboxylic acids is 1. The number of amides is 1. The van der Waals surface area contributed by atoms with Crippen LogP contribution in [0.25, 0.3) is 0 Å². The molecule has 0 aliphatic carbocycles. The Morgan fingerprint density at radius 1 is 1.39 bits per heavy atom. The first-order chi connectivity index (χ1) is 8.37. The second-order valence-electron chi connectivity index (χ2n) is 4.81. The van der Waals surface area contributed by atoms with Crippen molar-refractivity contribution in [1.82, 2.24) is 10.6 Å². The van der Waals surface area contributed by atoms with Crippen LogP contribution in [0.4, 0.5) is 4.79 Å². The van der Waals surface area contributed by atoms with Crippen molar-refractivity contribution in [3.05, 3.63) is 21.3 Å². The third-order valence-corrected chi connectivity index (χ3v) is 3.13. The van der Waals surface area contributed by atoms with Gasteiger partial charge in [-0.1, -0.05) is 11.6 Å². The van der Waals surface area contributed by atoms with Crippen molar-refractivity contribution in [1.29, 1.82) is 0 Å². The standard InChI is InChI=1S/C12H19ClN2O2S/c1-12(2,3)17-11(16)15-7-6-14-8-9-4-5-10(13)18-9/h4-5,14H,6-8H2,1-3H3,(H,15,16). The number of hydrogen-bond donors (Lipinski definition) is 2. The normalized spacial score (nSPS) is 11.3. The van der Waals surface area contributed by atoms with E-state index in [9.17, 15) is 4.79 Å². The van der Waals surface area contributed by atoms with Crippen LogP contribution in [-0.4, -0.2) is 24.8 Å². The molecule has 0 atom stereocenters. The molecule has 1 aromatic heterocycles. The number of rotatable bonds is 5. The van der Waals surface area contributed by atoms with E-state index >= 15 is 0 Å². The van der Waals surface area contributed by atoms with Gasteiger partial charge in [-0.05, 0) is 32.9 Å². The quantitative estimate of drug-likeness (QED) is 0.820. The van der Waals surface area contributed by atoms with Gasteiger partial charge in [0.1, 0.15) is 5.60 Å². The van der Waals surface area contributed by atoms with Crippen LogP contribution >= 0.6 is 22.9 Å². The Morgan fingerprint density at radius 3 is 2.67 bits per heavy atom. The van der Waals surface area contributed by atoms with E-state index in [1.807, 2.05) is 32.9 Å². The Hall–Kier alpha value is -0.780. The van der Waals surface area contributed by atoms with Gasteiger partial charge in [0, 0.05) is 24.5 Å². The molecule has 1 rings (SSSR count). The Kier molecular flexibility index (Phi) is 5.91. The van der Waals surface area contributed by atoms with E-state index in [0.29, 0.717) is 13.1 Å². The molecule has 0 radical (unpaired) electrons. The lowest BCUT2D eigenvalue weighted by molar-refractivity contribution is 0.0528. The highest BCUT2D eigenvalue weighted by Crippen LogP contribution is 2.20. The topological polar surface area (TPSA) is 50.4 Å². The van der Waals surface area contributed by atoms with Gasteiger partial charge in [0.15, 0.2) is 0 Å². The van der Waals surface area contributed by atoms with Gasteiger partial charge < -0.3 is 15.4 Å². The molecule has 1 amide bonds. The maximum atomic E-state index is 11.3. The SMILES string of the molecule is CC(C)(C)OC(=O)NCCNCc1ccc(Cl)s1. The summed E-state index contributed by atoms with van der Waals surface area (Å²) < 4.78 is 5.90. The van der Waals surface area contributed by atoms with E-state index in [4.69, 9.17) is 16.3 Å². The summed E-state index contributed by atoms with van der Waals surface area (Å²) in [5.74, 6) is 0. The molecule has 0 aliphatic rings. The van der Waals surface area contributed by atoms with Crippen LogP contribution < -0.4 is 10.6 Å². The molecule has 1 aromatic rings. The summed E-state index contributed by atoms with van der Waals surface area (Å²) in [6.45, 7) is 7.50. The first kappa shape index (κ1) is 15.3. The third-order valence-electron chi connectivity index (χ3n) is 1.90. The van der Waals surface area contributed by atoms with Crippen LogP contribution in [0.1, 0.15) is 25.6 Å². The molecule has 0 fully saturated rings. The van der Waals surface area contributed by atoms with Gasteiger partial charge >= 0.3 is 6.09 Å². The van der Waals surface area contributed by atoms with Crippen LogP contribution in [0, 0.1) is 0 Å². The number of alkyl carbamates (subject to hydrolysis) is 1. The van der Waals surface area contributed by atoms with Gasteiger partial charge in [-0.2, -0.15) is 0 Å². The van der Waals surface area contributed by atoms with Crippen molar-refractivity contribution in [2.45, 2.75) is 32.9 Å². The zero-order valence-corrected chi connectivity index (χ0v) is 12.5. The van der Waals surface area contributed by atoms with Crippen molar-refractivity contribution in [2.24, 2.45) is 0 Å². The Morgan fingerprint density at radius 2 is 2.11 bits per heavy atom. The lowest BCUT2D eigenvalue weighted by atomic mass is 10.2. The number of ether oxygens (including phenoxy) is 1. The molecule has 0 saturated carbocycles. The van der Waals surface area contributed by atoms with Crippen molar-refractivity contribution < 1.29 is 9.53 Å². The van der Waals surface area contributed by atoms with E-state index in [-0.39, 0.29) is 6.09 Å². The molecule has 1 heterocycles. The highest BCUT2D eigenvalue weighted by atomic mass is 35.5. The third kappa shape index (κ3) is 6.83. The van der Waals surface area contributed by atoms with Crippen LogP contribution in [-0.2, 0) is 11.3 Å². The molecule has 102 valence electrons. The lowest BCUT2D eigenvalue weighted by Gasteiger charge is -2.19. The van der Waals surface area contributed by atoms with E-state index in [1.165, 1.54) is 4.88 Å². The lowest BCUT2D eigenvalue weighted by Crippen LogP contribution is -2.36. The van der Waals surface area contributed by atoms with Crippen LogP contribution in [0.5, 0.6) is 0 Å². The van der Waals surface area contributed by atoms with Crippen molar-refractivity contribution in [2.75, 3.05) is 13.1 Å². The van der Waals surface area contributed by atoms with E-state index in [1.54, 1.807) is 11.3 Å². The Balaban J connectivity index is 2.07. The zero-order chi connectivity index (χ0) is 13.6. The first-order valence-electron chi connectivity index (χ1n) is 5.78. The molecule has 0 aliphatic heterocycles. The van der Waals surface area contributed by atoms with Gasteiger partial charge in [0.05, 0.1) is 4.34 Å². The van der Waals surface area contributed by atoms with Crippen molar-refractivity contribution in [3.8, 4) is 0 Å². The fourth-order valence-corrected chi connectivity index (χ4v) is 2.28. The minimum Gasteiger partial charge on any atom is -0.444 e. The minimum atomic E-state index is -0.453. The maximum Gasteiger partial charge on any atom is 0.407 e. The number of nitrogens with one attached hydrogen (secondary N) is 2. The molecule has 0 aromatic carbocycles. The number of carbonyl (C=O) groups is 1. The molecule has 4 nitrogen and oxygen atoms in total. The molecular formula is C12H19ClN2O2S. The largest absolute Gasteiger partial charge is 0.444 e. The summed E-state index contributed by atoms with van der Waals surface area (Å²) in [5.41, 5.74) is -0.453. The summed E-state index contributed by atoms with van der Waals surface area (Å²) in [6, 6.07) is 3.86. The molecule has 0 unspecified atom stereocenters. The fourth-order valence-electron chi connectivity index (χ4n) is 1.23. The number of hydrogen-bond acceptors (Lipinski definition) is 4. The Bertz CT molecular complexity index is 388. The van der Waals surface area contributed by atoms with E-state index in [0.717, 1.165) is 10.9 Å². The van der Waals surface area contributed by atoms with E-state index in [2.05, 4.69) is 10.6 Å². The van der Waals surface area contributed by atoms with E-state index < -0.39 is 5.60 Å². The average Bonchev–Trinajstić information content (AvgIpc) is 2.61. The highest BCUT2D eigenvalue weighted by Gasteiger charge is 2.15. The second-order valence-corrected chi connectivity index (χ2v) is 6.61. The summed E-state index contributed by atoms with van der Waals surface area (Å²) in [6.07, 6.45) is -0.386. The van der Waals surface area contributed by atoms with Gasteiger partial charge in [-0.15, -0.1) is 11.3 Å². The number of halogens is 1. The molecule has 0 saturated heterocycles. The zero-order valence-electron chi connectivity index (χ0n) is 10.9. The van der Waals surface area contributed by atoms with Crippen LogP contribution in [0.15, 0.2) is 12.1 Å². The average molecular weight is 291 g/mol. The minimum absolute atomic E-state index is 0.386. The monoisotopic (exact) mass is 290 g/mol. The first-order valence-corrected chi connectivity index (χ1v) is 6.98. The predicted molar refractivity (Wildman–Crippen MR) is 75.3 cm³/mol. The van der Waals surface area contributed by atoms with Crippen LogP contribution in [0.3, 0.4) is 0 Å². The predicted octanol–water partition coefficient (Wildman–Crippen LogP) is 3.02. The molecular weight excluding hydrogens is 272 g/mol. The Labute approximate surface area is 117 Å². The molecule has 2 N–H and O–H groups in total. The summed E-state index contributed by atoms with van der Waals surface area (Å²) in [4.78, 5) is 12.5. The van der Waals surface area contributed by atoms with Crippen LogP contribution in [0.2, 0.25) is 4.34 Å². The molecule has 18 heavy (non-hydrogen) atoms. The summed E-state index contributed by atoms with van der Waals surface area (Å²) in [5, 5.41) is 5.90. The van der Waals surface area contributed by atoms with Crippen molar-refractivity contribution >= 4 is 29.0 Å².